The molecule has 1 unspecified atom stereocenters. The van der Waals surface area contributed by atoms with E-state index in [9.17, 15) is 22.8 Å². The predicted octanol–water partition coefficient (Wildman–Crippen LogP) is 5.02. The summed E-state index contributed by atoms with van der Waals surface area (Å²) in [5.74, 6) is -2.01. The molecule has 0 saturated carbocycles. The van der Waals surface area contributed by atoms with Gasteiger partial charge in [-0.1, -0.05) is 23.2 Å². The Kier molecular flexibility index (Phi) is 8.23. The molecule has 0 saturated heterocycles. The third-order valence-corrected chi connectivity index (χ3v) is 3.63. The fraction of sp³-hybridized carbons (Fsp3) is 0.529. The van der Waals surface area contributed by atoms with E-state index in [1.165, 1.54) is 6.07 Å². The molecule has 0 aliphatic rings. The molecule has 0 aromatic heterocycles. The standard InChI is InChI=1S/C17H21Cl2F3N2O3/c1-16(2,3)27-15(26)24-13(10-7-11(18)9-12(19)8-10)5-4-6-23-14(25)17(20,21)22/h7-9,13H,4-6H2,1-3H3,(H,23,25)(H,24,26). The average molecular weight is 429 g/mol. The van der Waals surface area contributed by atoms with Crippen molar-refractivity contribution in [2.45, 2.75) is 51.4 Å². The smallest absolute Gasteiger partial charge is 0.444 e. The second-order valence-electron chi connectivity index (χ2n) is 6.80. The highest BCUT2D eigenvalue weighted by molar-refractivity contribution is 6.34. The molecule has 1 aromatic carbocycles. The van der Waals surface area contributed by atoms with E-state index in [1.807, 2.05) is 0 Å². The summed E-state index contributed by atoms with van der Waals surface area (Å²) in [6.45, 7) is 4.89. The van der Waals surface area contributed by atoms with E-state index >= 15 is 0 Å². The van der Waals surface area contributed by atoms with Crippen molar-refractivity contribution in [3.63, 3.8) is 0 Å². The minimum Gasteiger partial charge on any atom is -0.444 e. The molecule has 0 fully saturated rings. The molecule has 10 heteroatoms. The van der Waals surface area contributed by atoms with E-state index < -0.39 is 29.8 Å². The first-order valence-corrected chi connectivity index (χ1v) is 8.84. The van der Waals surface area contributed by atoms with Crippen LogP contribution in [0.15, 0.2) is 18.2 Å². The van der Waals surface area contributed by atoms with Gasteiger partial charge in [-0.05, 0) is 57.4 Å². The lowest BCUT2D eigenvalue weighted by atomic mass is 10.0. The van der Waals surface area contributed by atoms with Gasteiger partial charge in [0.25, 0.3) is 0 Å². The van der Waals surface area contributed by atoms with E-state index in [4.69, 9.17) is 27.9 Å². The molecule has 5 nitrogen and oxygen atoms in total. The molecule has 27 heavy (non-hydrogen) atoms. The van der Waals surface area contributed by atoms with Crippen molar-refractivity contribution in [2.75, 3.05) is 6.54 Å². The Morgan fingerprint density at radius 1 is 1.11 bits per heavy atom. The van der Waals surface area contributed by atoms with Gasteiger partial charge in [0.1, 0.15) is 5.60 Å². The molecule has 152 valence electrons. The number of halogens is 5. The van der Waals surface area contributed by atoms with Gasteiger partial charge in [0.2, 0.25) is 0 Å². The van der Waals surface area contributed by atoms with Crippen LogP contribution in [0.4, 0.5) is 18.0 Å². The summed E-state index contributed by atoms with van der Waals surface area (Å²) in [7, 11) is 0. The Balaban J connectivity index is 2.79. The van der Waals surface area contributed by atoms with Crippen LogP contribution in [0.3, 0.4) is 0 Å². The van der Waals surface area contributed by atoms with Crippen LogP contribution in [0.25, 0.3) is 0 Å². The third-order valence-electron chi connectivity index (χ3n) is 3.19. The van der Waals surface area contributed by atoms with Gasteiger partial charge in [-0.25, -0.2) is 4.79 Å². The Morgan fingerprint density at radius 2 is 1.67 bits per heavy atom. The zero-order chi connectivity index (χ0) is 20.8. The molecule has 0 radical (unpaired) electrons. The summed E-state index contributed by atoms with van der Waals surface area (Å²) in [5, 5.41) is 5.13. The highest BCUT2D eigenvalue weighted by Gasteiger charge is 2.38. The lowest BCUT2D eigenvalue weighted by Gasteiger charge is -2.24. The second-order valence-corrected chi connectivity index (χ2v) is 7.67. The number of hydrogen-bond donors (Lipinski definition) is 2. The van der Waals surface area contributed by atoms with E-state index in [-0.39, 0.29) is 19.4 Å². The van der Waals surface area contributed by atoms with Crippen LogP contribution < -0.4 is 10.6 Å². The van der Waals surface area contributed by atoms with Crippen LogP contribution in [0, 0.1) is 0 Å². The molecule has 1 atom stereocenters. The van der Waals surface area contributed by atoms with Gasteiger partial charge in [0, 0.05) is 16.6 Å². The molecule has 2 N–H and O–H groups in total. The molecule has 0 aliphatic carbocycles. The summed E-state index contributed by atoms with van der Waals surface area (Å²) in [5.41, 5.74) is -0.151. The minimum atomic E-state index is -4.94. The van der Waals surface area contributed by atoms with Crippen molar-refractivity contribution in [1.29, 1.82) is 0 Å². The maximum Gasteiger partial charge on any atom is 0.471 e. The minimum absolute atomic E-state index is 0.173. The summed E-state index contributed by atoms with van der Waals surface area (Å²) < 4.78 is 41.8. The average Bonchev–Trinajstić information content (AvgIpc) is 2.46. The maximum absolute atomic E-state index is 12.2. The lowest BCUT2D eigenvalue weighted by Crippen LogP contribution is -2.38. The number of carbonyl (C=O) groups excluding carboxylic acids is 2. The number of nitrogens with one attached hydrogen (secondary N) is 2. The number of amides is 2. The molecular weight excluding hydrogens is 408 g/mol. The first kappa shape index (κ1) is 23.4. The maximum atomic E-state index is 12.2. The highest BCUT2D eigenvalue weighted by atomic mass is 35.5. The third kappa shape index (κ3) is 9.19. The molecule has 0 heterocycles. The number of hydrogen-bond acceptors (Lipinski definition) is 3. The van der Waals surface area contributed by atoms with E-state index in [0.29, 0.717) is 15.6 Å². The van der Waals surface area contributed by atoms with E-state index in [1.54, 1.807) is 38.2 Å². The number of alkyl halides is 3. The van der Waals surface area contributed by atoms with Gasteiger partial charge in [-0.15, -0.1) is 0 Å². The first-order valence-electron chi connectivity index (χ1n) is 8.08. The zero-order valence-electron chi connectivity index (χ0n) is 15.0. The van der Waals surface area contributed by atoms with Crippen LogP contribution >= 0.6 is 23.2 Å². The van der Waals surface area contributed by atoms with Crippen molar-refractivity contribution in [3.05, 3.63) is 33.8 Å². The van der Waals surface area contributed by atoms with Crippen LogP contribution in [-0.2, 0) is 9.53 Å². The summed E-state index contributed by atoms with van der Waals surface area (Å²) >= 11 is 12.0. The lowest BCUT2D eigenvalue weighted by molar-refractivity contribution is -0.173. The fourth-order valence-electron chi connectivity index (χ4n) is 2.16. The summed E-state index contributed by atoms with van der Waals surface area (Å²) in [6, 6.07) is 4.08. The second kappa shape index (κ2) is 9.50. The van der Waals surface area contributed by atoms with Crippen molar-refractivity contribution >= 4 is 35.2 Å². The van der Waals surface area contributed by atoms with Crippen LogP contribution in [0.5, 0.6) is 0 Å². The zero-order valence-corrected chi connectivity index (χ0v) is 16.6. The van der Waals surface area contributed by atoms with Gasteiger partial charge in [-0.2, -0.15) is 13.2 Å². The van der Waals surface area contributed by atoms with Crippen molar-refractivity contribution < 1.29 is 27.5 Å². The Labute approximate surface area is 165 Å². The number of alkyl carbamates (subject to hydrolysis) is 1. The van der Waals surface area contributed by atoms with E-state index in [2.05, 4.69) is 5.32 Å². The number of benzene rings is 1. The monoisotopic (exact) mass is 428 g/mol. The molecule has 0 bridgehead atoms. The van der Waals surface area contributed by atoms with Gasteiger partial charge in [-0.3, -0.25) is 4.79 Å². The van der Waals surface area contributed by atoms with E-state index in [0.717, 1.165) is 0 Å². The van der Waals surface area contributed by atoms with Gasteiger partial charge < -0.3 is 15.4 Å². The van der Waals surface area contributed by atoms with Gasteiger partial charge in [0.15, 0.2) is 0 Å². The fourth-order valence-corrected chi connectivity index (χ4v) is 2.70. The molecule has 2 amide bonds. The predicted molar refractivity (Wildman–Crippen MR) is 96.9 cm³/mol. The quantitative estimate of drug-likeness (QED) is 0.625. The van der Waals surface area contributed by atoms with Crippen LogP contribution in [0.2, 0.25) is 10.0 Å². The van der Waals surface area contributed by atoms with Gasteiger partial charge in [0.05, 0.1) is 6.04 Å². The highest BCUT2D eigenvalue weighted by Crippen LogP contribution is 2.26. The number of carbonyl (C=O) groups is 2. The van der Waals surface area contributed by atoms with Crippen molar-refractivity contribution in [2.24, 2.45) is 0 Å². The molecule has 0 spiro atoms. The number of ether oxygens (including phenoxy) is 1. The Morgan fingerprint density at radius 3 is 2.15 bits per heavy atom. The summed E-state index contributed by atoms with van der Waals surface area (Å²) in [6.07, 6.45) is -5.22. The Bertz CT molecular complexity index is 656. The molecular formula is C17H21Cl2F3N2O3. The SMILES string of the molecule is CC(C)(C)OC(=O)NC(CCCNC(=O)C(F)(F)F)c1cc(Cl)cc(Cl)c1. The first-order chi connectivity index (χ1) is 12.3. The molecule has 1 aromatic rings. The van der Waals surface area contributed by atoms with Gasteiger partial charge >= 0.3 is 18.2 Å². The van der Waals surface area contributed by atoms with Crippen molar-refractivity contribution in [1.82, 2.24) is 10.6 Å². The number of rotatable bonds is 6. The van der Waals surface area contributed by atoms with Crippen molar-refractivity contribution in [3.8, 4) is 0 Å². The van der Waals surface area contributed by atoms with Crippen LogP contribution in [0.1, 0.15) is 45.2 Å². The summed E-state index contributed by atoms with van der Waals surface area (Å²) in [4.78, 5) is 22.9. The molecule has 0 aliphatic heterocycles. The molecule has 1 rings (SSSR count). The largest absolute Gasteiger partial charge is 0.471 e. The Hall–Kier alpha value is -1.67. The topological polar surface area (TPSA) is 67.4 Å². The van der Waals surface area contributed by atoms with Crippen LogP contribution in [-0.4, -0.2) is 30.3 Å². The normalized spacial score (nSPS) is 13.0.